The number of hydrogen-bond acceptors (Lipinski definition) is 7. The summed E-state index contributed by atoms with van der Waals surface area (Å²) in [5, 5.41) is 23.8. The Kier molecular flexibility index (Phi) is 7.80. The molecule has 0 fully saturated rings. The van der Waals surface area contributed by atoms with Gasteiger partial charge in [0.25, 0.3) is 0 Å². The number of carbonyl (C=O) groups is 1. The number of nitrogens with zero attached hydrogens (tertiary/aromatic N) is 4. The Hall–Kier alpha value is -4.48. The van der Waals surface area contributed by atoms with E-state index >= 15 is 0 Å². The Morgan fingerprint density at radius 1 is 1.16 bits per heavy atom. The second-order valence-corrected chi connectivity index (χ2v) is 8.76. The lowest BCUT2D eigenvalue weighted by atomic mass is 9.89. The van der Waals surface area contributed by atoms with E-state index < -0.39 is 29.1 Å². The van der Waals surface area contributed by atoms with Gasteiger partial charge in [0.15, 0.2) is 0 Å². The number of amides is 1. The summed E-state index contributed by atoms with van der Waals surface area (Å²) in [6.45, 7) is 1.56. The SMILES string of the molecule is Cn1cc(-c2cnc(C(=CN)c3ccc(CC(=O)NC(=N)/C=C(\O)C(C)(C)C(F)(F)F)cc3)cn2)cn1. The molecule has 1 amide bonds. The van der Waals surface area contributed by atoms with Crippen molar-refractivity contribution in [1.82, 2.24) is 25.1 Å². The number of aryl methyl sites for hydroxylation is 1. The Labute approximate surface area is 211 Å². The molecule has 12 heteroatoms. The van der Waals surface area contributed by atoms with E-state index in [2.05, 4.69) is 20.4 Å². The monoisotopic (exact) mass is 513 g/mol. The molecule has 3 aromatic rings. The van der Waals surface area contributed by atoms with Gasteiger partial charge in [-0.25, -0.2) is 0 Å². The molecule has 0 saturated heterocycles. The van der Waals surface area contributed by atoms with E-state index in [-0.39, 0.29) is 6.42 Å². The molecule has 0 aliphatic rings. The zero-order chi connectivity index (χ0) is 27.4. The lowest BCUT2D eigenvalue weighted by Crippen LogP contribution is -2.36. The number of rotatable bonds is 7. The minimum Gasteiger partial charge on any atom is -0.511 e. The highest BCUT2D eigenvalue weighted by Crippen LogP contribution is 2.42. The number of amidine groups is 1. The predicted octanol–water partition coefficient (Wildman–Crippen LogP) is 3.89. The summed E-state index contributed by atoms with van der Waals surface area (Å²) < 4.78 is 40.7. The quantitative estimate of drug-likeness (QED) is 0.214. The first-order chi connectivity index (χ1) is 17.3. The first kappa shape index (κ1) is 27.1. The van der Waals surface area contributed by atoms with E-state index in [1.807, 2.05) is 6.20 Å². The van der Waals surface area contributed by atoms with Gasteiger partial charge in [-0.05, 0) is 25.0 Å². The van der Waals surface area contributed by atoms with E-state index in [0.717, 1.165) is 25.0 Å². The Morgan fingerprint density at radius 3 is 2.35 bits per heavy atom. The van der Waals surface area contributed by atoms with Crippen molar-refractivity contribution in [3.8, 4) is 11.3 Å². The van der Waals surface area contributed by atoms with E-state index in [1.54, 1.807) is 54.6 Å². The average Bonchev–Trinajstić information content (AvgIpc) is 3.26. The van der Waals surface area contributed by atoms with Crippen molar-refractivity contribution in [3.63, 3.8) is 0 Å². The maximum atomic E-state index is 13.0. The summed E-state index contributed by atoms with van der Waals surface area (Å²) >= 11 is 0. The standard InChI is InChI=1S/C25H26F3N7O2/c1-24(2,25(26,27)28)21(36)9-22(30)34-23(37)8-15-4-6-16(7-5-15)18(10-29)20-13-31-19(12-32-20)17-11-33-35(3)14-17/h4-7,9-14,36H,8,29H2,1-3H3,(H2,30,34,37)/b18-10?,21-9-. The third kappa shape index (κ3) is 6.40. The van der Waals surface area contributed by atoms with Crippen LogP contribution in [0.15, 0.2) is 67.1 Å². The molecule has 1 aromatic carbocycles. The Morgan fingerprint density at radius 2 is 1.84 bits per heavy atom. The van der Waals surface area contributed by atoms with Crippen molar-refractivity contribution in [1.29, 1.82) is 5.41 Å². The number of allylic oxidation sites excluding steroid dienone is 1. The number of aliphatic hydroxyl groups excluding tert-OH is 1. The van der Waals surface area contributed by atoms with Gasteiger partial charge in [-0.15, -0.1) is 0 Å². The predicted molar refractivity (Wildman–Crippen MR) is 132 cm³/mol. The number of aromatic nitrogens is 4. The summed E-state index contributed by atoms with van der Waals surface area (Å²) in [5.74, 6) is -2.36. The number of halogens is 3. The molecule has 0 aliphatic carbocycles. The average molecular weight is 514 g/mol. The maximum Gasteiger partial charge on any atom is 0.400 e. The van der Waals surface area contributed by atoms with Crippen LogP contribution in [-0.4, -0.2) is 42.8 Å². The van der Waals surface area contributed by atoms with Crippen molar-refractivity contribution in [2.24, 2.45) is 18.2 Å². The first-order valence-corrected chi connectivity index (χ1v) is 11.0. The second-order valence-electron chi connectivity index (χ2n) is 8.76. The summed E-state index contributed by atoms with van der Waals surface area (Å²) in [6.07, 6.45) is 3.84. The summed E-state index contributed by atoms with van der Waals surface area (Å²) in [4.78, 5) is 21.1. The van der Waals surface area contributed by atoms with Crippen LogP contribution in [0.3, 0.4) is 0 Å². The molecule has 9 nitrogen and oxygen atoms in total. The topological polar surface area (TPSA) is 143 Å². The van der Waals surface area contributed by atoms with Crippen LogP contribution in [0.5, 0.6) is 0 Å². The minimum atomic E-state index is -4.72. The first-order valence-electron chi connectivity index (χ1n) is 11.0. The Bertz CT molecular complexity index is 1340. The third-order valence-corrected chi connectivity index (χ3v) is 5.63. The number of alkyl halides is 3. The van der Waals surface area contributed by atoms with E-state index in [4.69, 9.17) is 11.1 Å². The lowest BCUT2D eigenvalue weighted by Gasteiger charge is -2.26. The summed E-state index contributed by atoms with van der Waals surface area (Å²) in [7, 11) is 1.80. The van der Waals surface area contributed by atoms with Gasteiger partial charge in [-0.2, -0.15) is 18.3 Å². The molecular formula is C25H26F3N7O2. The normalized spacial score (nSPS) is 12.9. The highest BCUT2D eigenvalue weighted by molar-refractivity contribution is 6.03. The van der Waals surface area contributed by atoms with Gasteiger partial charge in [-0.3, -0.25) is 24.9 Å². The van der Waals surface area contributed by atoms with Crippen LogP contribution in [0.1, 0.15) is 30.7 Å². The molecule has 0 bridgehead atoms. The van der Waals surface area contributed by atoms with Crippen LogP contribution < -0.4 is 11.1 Å². The largest absolute Gasteiger partial charge is 0.511 e. The fourth-order valence-electron chi connectivity index (χ4n) is 3.18. The number of hydrogen-bond donors (Lipinski definition) is 4. The number of nitrogens with one attached hydrogen (secondary N) is 2. The van der Waals surface area contributed by atoms with Gasteiger partial charge in [0, 0.05) is 36.7 Å². The molecule has 37 heavy (non-hydrogen) atoms. The van der Waals surface area contributed by atoms with Gasteiger partial charge in [-0.1, -0.05) is 24.3 Å². The lowest BCUT2D eigenvalue weighted by molar-refractivity contribution is -0.206. The highest BCUT2D eigenvalue weighted by atomic mass is 19.4. The van der Waals surface area contributed by atoms with Crippen LogP contribution in [0.2, 0.25) is 0 Å². The fraction of sp³-hybridized carbons (Fsp3) is 0.240. The highest BCUT2D eigenvalue weighted by Gasteiger charge is 2.50. The van der Waals surface area contributed by atoms with E-state index in [1.165, 1.54) is 6.20 Å². The molecule has 0 spiro atoms. The van der Waals surface area contributed by atoms with Crippen LogP contribution in [0, 0.1) is 10.8 Å². The Balaban J connectivity index is 1.64. The van der Waals surface area contributed by atoms with E-state index in [9.17, 15) is 23.1 Å². The zero-order valence-corrected chi connectivity index (χ0v) is 20.3. The number of carbonyl (C=O) groups excluding carboxylic acids is 1. The third-order valence-electron chi connectivity index (χ3n) is 5.63. The van der Waals surface area contributed by atoms with Crippen LogP contribution in [0.4, 0.5) is 13.2 Å². The zero-order valence-electron chi connectivity index (χ0n) is 20.3. The second kappa shape index (κ2) is 10.6. The van der Waals surface area contributed by atoms with Gasteiger partial charge < -0.3 is 16.2 Å². The number of nitrogens with two attached hydrogens (primary N) is 1. The molecule has 0 atom stereocenters. The van der Waals surface area contributed by atoms with E-state index in [0.29, 0.717) is 28.6 Å². The molecular weight excluding hydrogens is 487 g/mol. The minimum absolute atomic E-state index is 0.138. The molecule has 5 N–H and O–H groups in total. The van der Waals surface area contributed by atoms with Crippen molar-refractivity contribution in [2.75, 3.05) is 0 Å². The van der Waals surface area contributed by atoms with Crippen molar-refractivity contribution in [2.45, 2.75) is 26.4 Å². The maximum absolute atomic E-state index is 13.0. The smallest absolute Gasteiger partial charge is 0.400 e. The van der Waals surface area contributed by atoms with Crippen molar-refractivity contribution in [3.05, 3.63) is 83.9 Å². The van der Waals surface area contributed by atoms with Crippen molar-refractivity contribution >= 4 is 17.3 Å². The number of aliphatic hydroxyl groups is 1. The van der Waals surface area contributed by atoms with Gasteiger partial charge in [0.2, 0.25) is 5.91 Å². The molecule has 0 aliphatic heterocycles. The molecule has 2 aromatic heterocycles. The van der Waals surface area contributed by atoms with Crippen LogP contribution in [-0.2, 0) is 18.3 Å². The summed E-state index contributed by atoms with van der Waals surface area (Å²) in [6, 6.07) is 6.83. The number of benzene rings is 1. The van der Waals surface area contributed by atoms with Gasteiger partial charge >= 0.3 is 6.18 Å². The molecule has 0 radical (unpaired) electrons. The molecule has 2 heterocycles. The molecule has 3 rings (SSSR count). The molecule has 0 unspecified atom stereocenters. The van der Waals surface area contributed by atoms with Crippen LogP contribution in [0.25, 0.3) is 16.8 Å². The van der Waals surface area contributed by atoms with Crippen molar-refractivity contribution < 1.29 is 23.1 Å². The summed E-state index contributed by atoms with van der Waals surface area (Å²) in [5.41, 5.74) is 7.24. The molecule has 0 saturated carbocycles. The van der Waals surface area contributed by atoms with Gasteiger partial charge in [0.1, 0.15) is 17.0 Å². The van der Waals surface area contributed by atoms with Crippen LogP contribution >= 0.6 is 0 Å². The van der Waals surface area contributed by atoms with Gasteiger partial charge in [0.05, 0.1) is 36.4 Å². The molecule has 194 valence electrons. The fourth-order valence-corrected chi connectivity index (χ4v) is 3.18.